The Morgan fingerprint density at radius 3 is 1.75 bits per heavy atom. The van der Waals surface area contributed by atoms with Gasteiger partial charge in [0.25, 0.3) is 0 Å². The normalized spacial score (nSPS) is 3.25. The summed E-state index contributed by atoms with van der Waals surface area (Å²) < 4.78 is 0. The maximum absolute atomic E-state index is 4.64. The van der Waals surface area contributed by atoms with Gasteiger partial charge in [-0.1, -0.05) is 0 Å². The molecule has 0 fully saturated rings. The third-order valence-electron chi connectivity index (χ3n) is 0. The summed E-state index contributed by atoms with van der Waals surface area (Å²) in [6.45, 7) is 3.00. The van der Waals surface area contributed by atoms with Crippen LogP contribution in [0.2, 0.25) is 0 Å². The second kappa shape index (κ2) is 2390. The van der Waals surface area contributed by atoms with Gasteiger partial charge in [0.15, 0.2) is 0 Å². The van der Waals surface area contributed by atoms with Gasteiger partial charge in [-0.15, -0.1) is 0 Å². The summed E-state index contributed by atoms with van der Waals surface area (Å²) in [4.78, 5) is 0. The molecule has 0 saturated heterocycles. The second-order valence-electron chi connectivity index (χ2n) is 0.134. The SMILES string of the molecule is C=[C-]Cl.[Rf]. The van der Waals surface area contributed by atoms with Gasteiger partial charge in [0.2, 0.25) is 0 Å². The van der Waals surface area contributed by atoms with E-state index in [1.807, 2.05) is 5.54 Å². The van der Waals surface area contributed by atoms with Crippen molar-refractivity contribution in [1.82, 2.24) is 0 Å². The minimum Gasteiger partial charge on any atom is -0.406 e. The zero-order valence-electron chi connectivity index (χ0n) is 2.29. The number of hydrogen-bond donors (Lipinski definition) is 0. The maximum Gasteiger partial charge on any atom is 0 e. The van der Waals surface area contributed by atoms with Gasteiger partial charge in [0.1, 0.15) is 0 Å². The summed E-state index contributed by atoms with van der Waals surface area (Å²) >= 11 is 4.64. The van der Waals surface area contributed by atoms with Gasteiger partial charge >= 0.3 is 0 Å². The molecule has 0 rings (SSSR count). The van der Waals surface area contributed by atoms with E-state index in [1.165, 1.54) is 0 Å². The first-order valence-electron chi connectivity index (χ1n) is 0.543. The molecule has 0 aromatic rings. The van der Waals surface area contributed by atoms with Crippen molar-refractivity contribution >= 4 is 11.6 Å². The van der Waals surface area contributed by atoms with Crippen LogP contribution in [-0.2, 0) is 0 Å². The van der Waals surface area contributed by atoms with Crippen molar-refractivity contribution in [1.29, 1.82) is 0 Å². The molecule has 0 atom stereocenters. The van der Waals surface area contributed by atoms with E-state index in [0.717, 1.165) is 0 Å². The molecule has 0 heterocycles. The van der Waals surface area contributed by atoms with E-state index in [-0.39, 0.29) is 0 Å². The van der Waals surface area contributed by atoms with Crippen LogP contribution in [0, 0.1) is 5.54 Å². The van der Waals surface area contributed by atoms with Gasteiger partial charge in [-0.3, -0.25) is 6.58 Å². The Bertz CT molecular complexity index is 13.5. The van der Waals surface area contributed by atoms with Gasteiger partial charge in [-0.25, -0.2) is 0 Å². The fourth-order valence-corrected chi connectivity index (χ4v) is 0. The van der Waals surface area contributed by atoms with E-state index in [2.05, 4.69) is 18.2 Å². The average molecular weight is 328 g/mol. The van der Waals surface area contributed by atoms with Crippen molar-refractivity contribution in [3.05, 3.63) is 12.1 Å². The van der Waals surface area contributed by atoms with Crippen LogP contribution in [0.4, 0.5) is 0 Å². The van der Waals surface area contributed by atoms with Gasteiger partial charge in [-0.2, -0.15) is 0 Å². The van der Waals surface area contributed by atoms with E-state index in [9.17, 15) is 0 Å². The molecule has 0 N–H and O–H groups in total. The molecule has 20 valence electrons. The molecule has 0 aliphatic carbocycles. The van der Waals surface area contributed by atoms with E-state index in [4.69, 9.17) is 0 Å². The van der Waals surface area contributed by atoms with Crippen LogP contribution < -0.4 is 0 Å². The molecule has 4 heavy (non-hydrogen) atoms. The topological polar surface area (TPSA) is 0 Å². The first-order valence-corrected chi connectivity index (χ1v) is 0.921. The molecular formula is C2H2ClRf-. The summed E-state index contributed by atoms with van der Waals surface area (Å²) in [6, 6.07) is 0. The quantitative estimate of drug-likeness (QED) is 0.586. The van der Waals surface area contributed by atoms with E-state index in [0.29, 0.717) is 0 Å². The second-order valence-corrected chi connectivity index (χ2v) is 0.401. The van der Waals surface area contributed by atoms with E-state index in [1.54, 1.807) is 0 Å². The van der Waals surface area contributed by atoms with Crippen LogP contribution in [0.1, 0.15) is 0 Å². The molecule has 0 saturated carbocycles. The van der Waals surface area contributed by atoms with Crippen LogP contribution in [0.5, 0.6) is 0 Å². The fraction of sp³-hybridized carbons (Fsp3) is 0. The van der Waals surface area contributed by atoms with Crippen LogP contribution in [0.15, 0.2) is 6.58 Å². The van der Waals surface area contributed by atoms with Crippen LogP contribution in [0.3, 0.4) is 0 Å². The Morgan fingerprint density at radius 2 is 1.75 bits per heavy atom. The third kappa shape index (κ3) is 0.000985. The largest absolute Gasteiger partial charge is 0.406 e. The van der Waals surface area contributed by atoms with Crippen molar-refractivity contribution in [2.24, 2.45) is 0 Å². The summed E-state index contributed by atoms with van der Waals surface area (Å²) in [5, 5.41) is 0. The molecule has 0 radical (unpaired) electrons. The van der Waals surface area contributed by atoms with Crippen LogP contribution in [-0.4, -0.2) is 0 Å². The first-order chi connectivity index (χ1) is 1.41. The molecule has 0 amide bonds. The Kier molecular flexibility index (Phi) is 7040. The van der Waals surface area contributed by atoms with E-state index < -0.39 is 0 Å². The summed E-state index contributed by atoms with van der Waals surface area (Å²) in [5.74, 6) is 0. The van der Waals surface area contributed by atoms with Gasteiger partial charge in [0.05, 0.1) is 0 Å². The average Bonchev–Trinajstić information content (AvgIpc) is 0.918. The molecule has 0 bridgehead atoms. The first kappa shape index (κ1) is 11.8. The molecule has 0 aliphatic heterocycles. The van der Waals surface area contributed by atoms with Crippen molar-refractivity contribution in [2.75, 3.05) is 0 Å². The molecule has 0 aromatic heterocycles. The predicted octanol–water partition coefficient (Wildman–Crippen LogP) is 1.17. The zero-order chi connectivity index (χ0) is 2.71. The molecule has 0 aromatic carbocycles. The standard InChI is InChI=1S/C2H2Cl.Rf/c1-2-3;/h1H2;/q-1;. The van der Waals surface area contributed by atoms with Crippen molar-refractivity contribution in [3.63, 3.8) is 0 Å². The Hall–Kier alpha value is -0.970. The van der Waals surface area contributed by atoms with Crippen molar-refractivity contribution in [3.8, 4) is 0 Å². The van der Waals surface area contributed by atoms with Gasteiger partial charge in [-0.05, 0) is 0 Å². The molecule has 0 nitrogen and oxygen atoms in total. The minimum atomic E-state index is 0. The fourth-order valence-electron chi connectivity index (χ4n) is 0. The van der Waals surface area contributed by atoms with Gasteiger partial charge < -0.3 is 17.1 Å². The third-order valence-corrected chi connectivity index (χ3v) is 0. The maximum atomic E-state index is 4.64. The Labute approximate surface area is 24.7 Å². The Balaban J connectivity index is 0. The van der Waals surface area contributed by atoms with Crippen molar-refractivity contribution in [2.45, 2.75) is 0 Å². The van der Waals surface area contributed by atoms with Crippen LogP contribution >= 0.6 is 11.6 Å². The summed E-state index contributed by atoms with van der Waals surface area (Å²) in [6.07, 6.45) is 0. The predicted molar refractivity (Wildman–Crippen MR) is 14.7 cm³/mol. The number of rotatable bonds is 0. The summed E-state index contributed by atoms with van der Waals surface area (Å²) in [5.41, 5.74) is 1.97. The molecular weight excluding hydrogens is 326 g/mol. The number of halogens is 1. The van der Waals surface area contributed by atoms with Crippen molar-refractivity contribution < 1.29 is 0 Å². The minimum absolute atomic E-state index is 0. The molecule has 0 spiro atoms. The van der Waals surface area contributed by atoms with Gasteiger partial charge in [0, 0.05) is 0 Å². The zero-order valence-corrected chi connectivity index (χ0v) is 9.45. The number of hydrogen-bond acceptors (Lipinski definition) is 0. The van der Waals surface area contributed by atoms with E-state index >= 15 is 0 Å². The smallest absolute Gasteiger partial charge is 0 e. The molecule has 0 aliphatic rings. The molecule has 2 heteroatoms. The monoisotopic (exact) mass is 328 g/mol. The molecule has 0 unspecified atom stereocenters. The summed E-state index contributed by atoms with van der Waals surface area (Å²) in [7, 11) is 0. The Morgan fingerprint density at radius 1 is 1.75 bits per heavy atom. The van der Waals surface area contributed by atoms with Crippen LogP contribution in [0.25, 0.3) is 0 Å².